The Kier molecular flexibility index (Phi) is 5.59. The van der Waals surface area contributed by atoms with E-state index in [0.717, 1.165) is 30.0 Å². The van der Waals surface area contributed by atoms with Crippen LogP contribution >= 0.6 is 0 Å². The zero-order valence-corrected chi connectivity index (χ0v) is 16.2. The largest absolute Gasteiger partial charge is 0.322 e. The lowest BCUT2D eigenvalue weighted by Gasteiger charge is -2.15. The maximum Gasteiger partial charge on any atom is 0.270 e. The highest BCUT2D eigenvalue weighted by molar-refractivity contribution is 6.05. The molecule has 0 radical (unpaired) electrons. The molecule has 0 aromatic heterocycles. The van der Waals surface area contributed by atoms with E-state index in [-0.39, 0.29) is 11.1 Å². The van der Waals surface area contributed by atoms with Gasteiger partial charge in [-0.05, 0) is 60.4 Å². The quantitative estimate of drug-likeness (QED) is 0.532. The fourth-order valence-electron chi connectivity index (χ4n) is 2.95. The van der Waals surface area contributed by atoms with E-state index in [1.807, 2.05) is 55.5 Å². The average molecular weight is 379 g/mol. The van der Waals surface area contributed by atoms with Gasteiger partial charge in [0.15, 0.2) is 0 Å². The summed E-state index contributed by atoms with van der Waals surface area (Å²) in [6.45, 7) is 4.85. The summed E-state index contributed by atoms with van der Waals surface area (Å²) < 4.78 is 28.1. The minimum absolute atomic E-state index is 0.183. The van der Waals surface area contributed by atoms with Gasteiger partial charge < -0.3 is 5.32 Å². The molecule has 0 saturated carbocycles. The third-order valence-electron chi connectivity index (χ3n) is 4.71. The molecule has 0 bridgehead atoms. The first-order chi connectivity index (χ1) is 13.3. The Hall–Kier alpha value is -3.01. The highest BCUT2D eigenvalue weighted by Gasteiger charge is 2.26. The van der Waals surface area contributed by atoms with Gasteiger partial charge in [-0.25, -0.2) is 8.78 Å². The zero-order valence-electron chi connectivity index (χ0n) is 16.2. The van der Waals surface area contributed by atoms with Gasteiger partial charge in [0, 0.05) is 23.7 Å². The number of alkyl halides is 2. The van der Waals surface area contributed by atoms with Crippen LogP contribution in [-0.2, 0) is 12.3 Å². The molecule has 3 aromatic rings. The molecule has 144 valence electrons. The van der Waals surface area contributed by atoms with E-state index in [0.29, 0.717) is 11.3 Å². The molecular formula is C24H23F2NO. The van der Waals surface area contributed by atoms with Crippen LogP contribution < -0.4 is 5.32 Å². The number of amides is 1. The Bertz CT molecular complexity index is 971. The first-order valence-corrected chi connectivity index (χ1v) is 9.27. The molecule has 0 heterocycles. The fourth-order valence-corrected chi connectivity index (χ4v) is 2.95. The smallest absolute Gasteiger partial charge is 0.270 e. The molecule has 0 spiro atoms. The second-order valence-electron chi connectivity index (χ2n) is 7.06. The molecule has 0 aliphatic heterocycles. The Morgan fingerprint density at radius 3 is 2.14 bits per heavy atom. The fraction of sp³-hybridized carbons (Fsp3) is 0.208. The highest BCUT2D eigenvalue weighted by atomic mass is 19.3. The van der Waals surface area contributed by atoms with Crippen molar-refractivity contribution in [1.82, 2.24) is 0 Å². The summed E-state index contributed by atoms with van der Waals surface area (Å²) in [7, 11) is 0. The van der Waals surface area contributed by atoms with Gasteiger partial charge in [-0.15, -0.1) is 0 Å². The van der Waals surface area contributed by atoms with Crippen molar-refractivity contribution < 1.29 is 13.6 Å². The first kappa shape index (κ1) is 19.7. The van der Waals surface area contributed by atoms with E-state index in [2.05, 4.69) is 12.2 Å². The summed E-state index contributed by atoms with van der Waals surface area (Å²) in [4.78, 5) is 12.7. The molecule has 0 atom stereocenters. The summed E-state index contributed by atoms with van der Waals surface area (Å²) in [6.07, 6.45) is 0.905. The van der Waals surface area contributed by atoms with Crippen LogP contribution in [-0.4, -0.2) is 5.91 Å². The Morgan fingerprint density at radius 1 is 0.929 bits per heavy atom. The van der Waals surface area contributed by atoms with Crippen molar-refractivity contribution in [2.24, 2.45) is 0 Å². The van der Waals surface area contributed by atoms with Crippen LogP contribution in [0.1, 0.15) is 40.9 Å². The lowest BCUT2D eigenvalue weighted by molar-refractivity contribution is 0.0175. The summed E-state index contributed by atoms with van der Waals surface area (Å²) in [5.74, 6) is -3.46. The van der Waals surface area contributed by atoms with Crippen LogP contribution in [0.4, 0.5) is 14.5 Å². The summed E-state index contributed by atoms with van der Waals surface area (Å²) in [5, 5.41) is 2.79. The Balaban J connectivity index is 1.97. The number of benzene rings is 3. The van der Waals surface area contributed by atoms with E-state index in [9.17, 15) is 13.6 Å². The number of aryl methyl sites for hydroxylation is 2. The van der Waals surface area contributed by atoms with Crippen molar-refractivity contribution in [1.29, 1.82) is 0 Å². The summed E-state index contributed by atoms with van der Waals surface area (Å²) in [5.41, 5.74) is 4.27. The van der Waals surface area contributed by atoms with Gasteiger partial charge in [-0.3, -0.25) is 4.79 Å². The molecule has 2 nitrogen and oxygen atoms in total. The third-order valence-corrected chi connectivity index (χ3v) is 4.71. The molecule has 0 aliphatic carbocycles. The molecule has 0 saturated heterocycles. The number of anilines is 1. The van der Waals surface area contributed by atoms with E-state index < -0.39 is 11.8 Å². The van der Waals surface area contributed by atoms with Crippen molar-refractivity contribution in [2.75, 3.05) is 5.32 Å². The van der Waals surface area contributed by atoms with E-state index in [4.69, 9.17) is 0 Å². The normalized spacial score (nSPS) is 11.3. The molecule has 1 N–H and O–H groups in total. The van der Waals surface area contributed by atoms with Crippen LogP contribution in [0, 0.1) is 6.92 Å². The SMILES string of the molecule is CCc1ccc(NC(=O)c2cc(-c3ccc(C)cc3)cc(C(C)(F)F)c2)cc1. The van der Waals surface area contributed by atoms with Gasteiger partial charge >= 0.3 is 0 Å². The van der Waals surface area contributed by atoms with Gasteiger partial charge in [0.25, 0.3) is 11.8 Å². The molecule has 28 heavy (non-hydrogen) atoms. The van der Waals surface area contributed by atoms with Crippen LogP contribution in [0.5, 0.6) is 0 Å². The van der Waals surface area contributed by atoms with Crippen molar-refractivity contribution in [3.8, 4) is 11.1 Å². The van der Waals surface area contributed by atoms with E-state index in [1.54, 1.807) is 6.07 Å². The zero-order chi connectivity index (χ0) is 20.3. The Labute approximate surface area is 164 Å². The molecule has 4 heteroatoms. The second-order valence-corrected chi connectivity index (χ2v) is 7.06. The van der Waals surface area contributed by atoms with Gasteiger partial charge in [0.2, 0.25) is 0 Å². The minimum atomic E-state index is -3.04. The number of halogens is 2. The van der Waals surface area contributed by atoms with Crippen LogP contribution in [0.15, 0.2) is 66.7 Å². The maximum atomic E-state index is 14.0. The molecule has 0 aliphatic rings. The third kappa shape index (κ3) is 4.63. The number of hydrogen-bond donors (Lipinski definition) is 1. The first-order valence-electron chi connectivity index (χ1n) is 9.27. The lowest BCUT2D eigenvalue weighted by Crippen LogP contribution is -2.15. The highest BCUT2D eigenvalue weighted by Crippen LogP contribution is 2.32. The van der Waals surface area contributed by atoms with E-state index >= 15 is 0 Å². The molecule has 1 amide bonds. The maximum absolute atomic E-state index is 14.0. The molecule has 3 rings (SSSR count). The molecule has 0 unspecified atom stereocenters. The number of rotatable bonds is 5. The van der Waals surface area contributed by atoms with Crippen LogP contribution in [0.25, 0.3) is 11.1 Å². The van der Waals surface area contributed by atoms with Gasteiger partial charge in [0.05, 0.1) is 0 Å². The number of nitrogens with one attached hydrogen (secondary N) is 1. The van der Waals surface area contributed by atoms with Crippen molar-refractivity contribution in [3.05, 3.63) is 89.0 Å². The van der Waals surface area contributed by atoms with Gasteiger partial charge in [0.1, 0.15) is 0 Å². The lowest BCUT2D eigenvalue weighted by atomic mass is 9.96. The average Bonchev–Trinajstić information content (AvgIpc) is 2.68. The van der Waals surface area contributed by atoms with Gasteiger partial charge in [-0.2, -0.15) is 0 Å². The number of carbonyl (C=O) groups is 1. The van der Waals surface area contributed by atoms with Crippen molar-refractivity contribution >= 4 is 11.6 Å². The standard InChI is InChI=1S/C24H23F2NO/c1-4-17-7-11-22(12-8-17)27-23(28)20-13-19(14-21(15-20)24(3,25)26)18-9-5-16(2)6-10-18/h5-15H,4H2,1-3H3,(H,27,28). The van der Waals surface area contributed by atoms with Gasteiger partial charge in [-0.1, -0.05) is 48.9 Å². The van der Waals surface area contributed by atoms with Crippen molar-refractivity contribution in [2.45, 2.75) is 33.1 Å². The topological polar surface area (TPSA) is 29.1 Å². The number of carbonyl (C=O) groups excluding carboxylic acids is 1. The monoisotopic (exact) mass is 379 g/mol. The predicted molar refractivity (Wildman–Crippen MR) is 110 cm³/mol. The predicted octanol–water partition coefficient (Wildman–Crippen LogP) is 6.59. The summed E-state index contributed by atoms with van der Waals surface area (Å²) >= 11 is 0. The second kappa shape index (κ2) is 7.93. The molecule has 3 aromatic carbocycles. The summed E-state index contributed by atoms with van der Waals surface area (Å²) in [6, 6.07) is 19.4. The molecular weight excluding hydrogens is 356 g/mol. The Morgan fingerprint density at radius 2 is 1.57 bits per heavy atom. The van der Waals surface area contributed by atoms with Crippen LogP contribution in [0.2, 0.25) is 0 Å². The van der Waals surface area contributed by atoms with Crippen molar-refractivity contribution in [3.63, 3.8) is 0 Å². The van der Waals surface area contributed by atoms with Crippen LogP contribution in [0.3, 0.4) is 0 Å². The van der Waals surface area contributed by atoms with E-state index in [1.165, 1.54) is 12.1 Å². The molecule has 0 fully saturated rings. The number of hydrogen-bond acceptors (Lipinski definition) is 1. The minimum Gasteiger partial charge on any atom is -0.322 e.